The average Bonchev–Trinajstić information content (AvgIpc) is 3.24. The van der Waals surface area contributed by atoms with E-state index in [2.05, 4.69) is 27.8 Å². The lowest BCUT2D eigenvalue weighted by Gasteiger charge is -2.11. The Kier molecular flexibility index (Phi) is 4.91. The second-order valence-corrected chi connectivity index (χ2v) is 7.61. The highest BCUT2D eigenvalue weighted by Gasteiger charge is 2.17. The average molecular weight is 412 g/mol. The van der Waals surface area contributed by atoms with Gasteiger partial charge in [-0.3, -0.25) is 4.98 Å². The first-order chi connectivity index (χ1) is 14.8. The highest BCUT2D eigenvalue weighted by molar-refractivity contribution is 7.17. The fourth-order valence-electron chi connectivity index (χ4n) is 3.33. The SMILES string of the molecule is Fc1ccccc1CNc1nc(-c2ccccn2)nc2scc(-c3ccccc3)c12. The number of pyridine rings is 1. The third-order valence-electron chi connectivity index (χ3n) is 4.82. The number of thiophene rings is 1. The van der Waals surface area contributed by atoms with Crippen LogP contribution >= 0.6 is 11.3 Å². The minimum Gasteiger partial charge on any atom is -0.365 e. The van der Waals surface area contributed by atoms with Crippen molar-refractivity contribution in [2.45, 2.75) is 6.54 Å². The van der Waals surface area contributed by atoms with E-state index in [0.717, 1.165) is 21.3 Å². The lowest BCUT2D eigenvalue weighted by molar-refractivity contribution is 0.613. The summed E-state index contributed by atoms with van der Waals surface area (Å²) in [6.45, 7) is 0.324. The summed E-state index contributed by atoms with van der Waals surface area (Å²) in [5.74, 6) is 0.971. The van der Waals surface area contributed by atoms with E-state index < -0.39 is 0 Å². The van der Waals surface area contributed by atoms with E-state index in [1.54, 1.807) is 29.7 Å². The van der Waals surface area contributed by atoms with Gasteiger partial charge in [0.15, 0.2) is 5.82 Å². The first-order valence-corrected chi connectivity index (χ1v) is 10.4. The van der Waals surface area contributed by atoms with Gasteiger partial charge >= 0.3 is 0 Å². The second-order valence-electron chi connectivity index (χ2n) is 6.75. The molecule has 3 heterocycles. The molecular formula is C24H17FN4S. The van der Waals surface area contributed by atoms with Crippen molar-refractivity contribution in [2.75, 3.05) is 5.32 Å². The second kappa shape index (κ2) is 8.00. The fourth-order valence-corrected chi connectivity index (χ4v) is 4.28. The molecule has 0 bridgehead atoms. The van der Waals surface area contributed by atoms with Crippen LogP contribution in [-0.4, -0.2) is 15.0 Å². The number of nitrogens with zero attached hydrogens (tertiary/aromatic N) is 3. The standard InChI is InChI=1S/C24H17FN4S/c25-19-11-5-4-10-17(19)14-27-23-21-18(16-8-2-1-3-9-16)15-30-24(21)29-22(28-23)20-12-6-7-13-26-20/h1-13,15H,14H2,(H,27,28,29). The molecule has 0 saturated heterocycles. The van der Waals surface area contributed by atoms with Crippen LogP contribution in [-0.2, 0) is 6.54 Å². The molecule has 0 fully saturated rings. The number of nitrogens with one attached hydrogen (secondary N) is 1. The molecule has 4 nitrogen and oxygen atoms in total. The van der Waals surface area contributed by atoms with Gasteiger partial charge in [0.2, 0.25) is 0 Å². The normalized spacial score (nSPS) is 11.0. The molecule has 5 aromatic rings. The molecule has 0 amide bonds. The molecule has 6 heteroatoms. The lowest BCUT2D eigenvalue weighted by Crippen LogP contribution is -2.05. The van der Waals surface area contributed by atoms with E-state index in [-0.39, 0.29) is 5.82 Å². The molecule has 0 aliphatic rings. The monoisotopic (exact) mass is 412 g/mol. The van der Waals surface area contributed by atoms with Crippen LogP contribution < -0.4 is 5.32 Å². The summed E-state index contributed by atoms with van der Waals surface area (Å²) in [5.41, 5.74) is 3.43. The third kappa shape index (κ3) is 3.53. The van der Waals surface area contributed by atoms with E-state index in [1.807, 2.05) is 42.5 Å². The number of rotatable bonds is 5. The molecule has 0 aliphatic heterocycles. The Morgan fingerprint density at radius 2 is 1.67 bits per heavy atom. The molecule has 2 aromatic carbocycles. The summed E-state index contributed by atoms with van der Waals surface area (Å²) in [4.78, 5) is 14.8. The van der Waals surface area contributed by atoms with Gasteiger partial charge in [-0.1, -0.05) is 54.6 Å². The maximum atomic E-state index is 14.2. The summed E-state index contributed by atoms with van der Waals surface area (Å²) < 4.78 is 14.2. The molecule has 5 rings (SSSR count). The summed E-state index contributed by atoms with van der Waals surface area (Å²) in [7, 11) is 0. The largest absolute Gasteiger partial charge is 0.365 e. The minimum atomic E-state index is -0.242. The van der Waals surface area contributed by atoms with E-state index in [0.29, 0.717) is 29.4 Å². The summed E-state index contributed by atoms with van der Waals surface area (Å²) >= 11 is 1.56. The Morgan fingerprint density at radius 1 is 0.867 bits per heavy atom. The molecule has 0 radical (unpaired) electrons. The third-order valence-corrected chi connectivity index (χ3v) is 5.69. The molecule has 0 atom stereocenters. The van der Waals surface area contributed by atoms with Crippen molar-refractivity contribution in [1.29, 1.82) is 0 Å². The summed E-state index contributed by atoms with van der Waals surface area (Å²) in [6, 6.07) is 22.5. The highest BCUT2D eigenvalue weighted by atomic mass is 32.1. The van der Waals surface area contributed by atoms with Crippen LogP contribution in [0, 0.1) is 5.82 Å². The Labute approximate surface area is 177 Å². The van der Waals surface area contributed by atoms with Crippen LogP contribution in [0.1, 0.15) is 5.56 Å². The van der Waals surface area contributed by atoms with Crippen LogP contribution in [0.3, 0.4) is 0 Å². The van der Waals surface area contributed by atoms with Crippen molar-refractivity contribution in [3.8, 4) is 22.6 Å². The maximum absolute atomic E-state index is 14.2. The van der Waals surface area contributed by atoms with Gasteiger partial charge in [0.25, 0.3) is 0 Å². The zero-order chi connectivity index (χ0) is 20.3. The molecule has 0 saturated carbocycles. The van der Waals surface area contributed by atoms with Gasteiger partial charge in [-0.05, 0) is 23.8 Å². The number of fused-ring (bicyclic) bond motifs is 1. The molecular weight excluding hydrogens is 395 g/mol. The van der Waals surface area contributed by atoms with Crippen molar-refractivity contribution >= 4 is 27.4 Å². The van der Waals surface area contributed by atoms with Gasteiger partial charge in [0, 0.05) is 29.2 Å². The minimum absolute atomic E-state index is 0.242. The smallest absolute Gasteiger partial charge is 0.181 e. The van der Waals surface area contributed by atoms with Crippen molar-refractivity contribution in [3.05, 3.63) is 95.8 Å². The number of halogens is 1. The van der Waals surface area contributed by atoms with Crippen LogP contribution in [0.2, 0.25) is 0 Å². The lowest BCUT2D eigenvalue weighted by atomic mass is 10.1. The summed E-state index contributed by atoms with van der Waals surface area (Å²) in [6.07, 6.45) is 1.72. The van der Waals surface area contributed by atoms with Crippen LogP contribution in [0.15, 0.2) is 84.4 Å². The molecule has 30 heavy (non-hydrogen) atoms. The Hall–Kier alpha value is -3.64. The molecule has 0 spiro atoms. The zero-order valence-electron chi connectivity index (χ0n) is 15.9. The van der Waals surface area contributed by atoms with Crippen LogP contribution in [0.5, 0.6) is 0 Å². The summed E-state index contributed by atoms with van der Waals surface area (Å²) in [5, 5.41) is 6.36. The predicted octanol–water partition coefficient (Wildman–Crippen LogP) is 6.17. The van der Waals surface area contributed by atoms with Crippen LogP contribution in [0.25, 0.3) is 32.9 Å². The molecule has 3 aromatic heterocycles. The number of anilines is 1. The van der Waals surface area contributed by atoms with Crippen molar-refractivity contribution < 1.29 is 4.39 Å². The first kappa shape index (κ1) is 18.4. The molecule has 0 unspecified atom stereocenters. The van der Waals surface area contributed by atoms with Gasteiger partial charge in [0.1, 0.15) is 22.2 Å². The Balaban J connectivity index is 1.64. The van der Waals surface area contributed by atoms with E-state index in [4.69, 9.17) is 9.97 Å². The number of hydrogen-bond donors (Lipinski definition) is 1. The highest BCUT2D eigenvalue weighted by Crippen LogP contribution is 2.38. The number of aromatic nitrogens is 3. The van der Waals surface area contributed by atoms with Crippen molar-refractivity contribution in [1.82, 2.24) is 15.0 Å². The number of benzene rings is 2. The van der Waals surface area contributed by atoms with Crippen LogP contribution in [0.4, 0.5) is 10.2 Å². The van der Waals surface area contributed by atoms with Gasteiger partial charge in [-0.25, -0.2) is 14.4 Å². The molecule has 1 N–H and O–H groups in total. The van der Waals surface area contributed by atoms with Gasteiger partial charge < -0.3 is 5.32 Å². The van der Waals surface area contributed by atoms with Gasteiger partial charge in [-0.2, -0.15) is 0 Å². The fraction of sp³-hybridized carbons (Fsp3) is 0.0417. The van der Waals surface area contributed by atoms with Crippen molar-refractivity contribution in [3.63, 3.8) is 0 Å². The van der Waals surface area contributed by atoms with Gasteiger partial charge in [-0.15, -0.1) is 11.3 Å². The van der Waals surface area contributed by atoms with E-state index >= 15 is 0 Å². The maximum Gasteiger partial charge on any atom is 0.181 e. The Morgan fingerprint density at radius 3 is 2.47 bits per heavy atom. The number of hydrogen-bond acceptors (Lipinski definition) is 5. The topological polar surface area (TPSA) is 50.7 Å². The quantitative estimate of drug-likeness (QED) is 0.375. The van der Waals surface area contributed by atoms with Crippen molar-refractivity contribution in [2.24, 2.45) is 0 Å². The first-order valence-electron chi connectivity index (χ1n) is 9.53. The Bertz CT molecular complexity index is 1300. The van der Waals surface area contributed by atoms with E-state index in [1.165, 1.54) is 6.07 Å². The molecule has 0 aliphatic carbocycles. The van der Waals surface area contributed by atoms with Gasteiger partial charge in [0.05, 0.1) is 5.39 Å². The van der Waals surface area contributed by atoms with E-state index in [9.17, 15) is 4.39 Å². The zero-order valence-corrected chi connectivity index (χ0v) is 16.7. The molecule has 146 valence electrons. The predicted molar refractivity (Wildman–Crippen MR) is 120 cm³/mol.